The SMILES string of the molecule is Oc1ccccc1-c1nc(C=Cc2ccc(Br)cc2)n[nH]1. The van der Waals surface area contributed by atoms with Crippen LogP contribution in [0.15, 0.2) is 53.0 Å². The number of rotatable bonds is 3. The normalized spacial score (nSPS) is 11.1. The van der Waals surface area contributed by atoms with E-state index in [1.54, 1.807) is 18.2 Å². The number of hydrogen-bond acceptors (Lipinski definition) is 3. The van der Waals surface area contributed by atoms with Crippen LogP contribution in [0.5, 0.6) is 5.75 Å². The first-order valence-corrected chi connectivity index (χ1v) is 7.16. The van der Waals surface area contributed by atoms with Gasteiger partial charge in [-0.15, -0.1) is 0 Å². The lowest BCUT2D eigenvalue weighted by atomic mass is 10.2. The number of nitrogens with zero attached hydrogens (tertiary/aromatic N) is 2. The molecule has 1 heterocycles. The molecule has 0 saturated carbocycles. The molecule has 2 N–H and O–H groups in total. The van der Waals surface area contributed by atoms with E-state index in [4.69, 9.17) is 0 Å². The maximum Gasteiger partial charge on any atom is 0.174 e. The Labute approximate surface area is 130 Å². The van der Waals surface area contributed by atoms with Crippen LogP contribution in [0.25, 0.3) is 23.5 Å². The van der Waals surface area contributed by atoms with Gasteiger partial charge < -0.3 is 5.11 Å². The van der Waals surface area contributed by atoms with E-state index in [0.29, 0.717) is 17.2 Å². The van der Waals surface area contributed by atoms with Crippen molar-refractivity contribution in [2.45, 2.75) is 0 Å². The summed E-state index contributed by atoms with van der Waals surface area (Å²) in [7, 11) is 0. The maximum absolute atomic E-state index is 9.80. The van der Waals surface area contributed by atoms with Crippen LogP contribution in [-0.4, -0.2) is 20.3 Å². The third kappa shape index (κ3) is 3.20. The number of aromatic hydroxyl groups is 1. The summed E-state index contributed by atoms with van der Waals surface area (Å²) in [6.07, 6.45) is 3.76. The van der Waals surface area contributed by atoms with Crippen molar-refractivity contribution in [3.05, 3.63) is 64.4 Å². The summed E-state index contributed by atoms with van der Waals surface area (Å²) >= 11 is 3.40. The number of nitrogens with one attached hydrogen (secondary N) is 1. The third-order valence-electron chi connectivity index (χ3n) is 2.96. The third-order valence-corrected chi connectivity index (χ3v) is 3.49. The Balaban J connectivity index is 1.82. The molecule has 0 amide bonds. The summed E-state index contributed by atoms with van der Waals surface area (Å²) in [5.41, 5.74) is 1.69. The molecule has 0 radical (unpaired) electrons. The molecule has 1 aromatic heterocycles. The van der Waals surface area contributed by atoms with Crippen molar-refractivity contribution >= 4 is 28.1 Å². The van der Waals surface area contributed by atoms with Crippen molar-refractivity contribution < 1.29 is 5.11 Å². The van der Waals surface area contributed by atoms with E-state index in [9.17, 15) is 5.11 Å². The van der Waals surface area contributed by atoms with Crippen molar-refractivity contribution in [1.82, 2.24) is 15.2 Å². The maximum atomic E-state index is 9.80. The first kappa shape index (κ1) is 13.6. The first-order valence-electron chi connectivity index (χ1n) is 6.37. The molecule has 0 fully saturated rings. The highest BCUT2D eigenvalue weighted by Gasteiger charge is 2.07. The van der Waals surface area contributed by atoms with E-state index in [-0.39, 0.29) is 5.75 Å². The molecule has 0 spiro atoms. The molecule has 0 unspecified atom stereocenters. The average molecular weight is 342 g/mol. The van der Waals surface area contributed by atoms with Crippen LogP contribution in [0, 0.1) is 0 Å². The number of aromatic amines is 1. The minimum Gasteiger partial charge on any atom is -0.507 e. The average Bonchev–Trinajstić information content (AvgIpc) is 2.96. The van der Waals surface area contributed by atoms with Crippen molar-refractivity contribution in [2.24, 2.45) is 0 Å². The van der Waals surface area contributed by atoms with Crippen molar-refractivity contribution in [2.75, 3.05) is 0 Å². The molecule has 0 aliphatic carbocycles. The van der Waals surface area contributed by atoms with Crippen LogP contribution in [-0.2, 0) is 0 Å². The molecule has 0 bridgehead atoms. The summed E-state index contributed by atoms with van der Waals surface area (Å²) in [6, 6.07) is 15.0. The van der Waals surface area contributed by atoms with E-state index < -0.39 is 0 Å². The highest BCUT2D eigenvalue weighted by molar-refractivity contribution is 9.10. The van der Waals surface area contributed by atoms with Crippen LogP contribution in [0.1, 0.15) is 11.4 Å². The second-order valence-electron chi connectivity index (χ2n) is 4.44. The molecular formula is C16H12BrN3O. The summed E-state index contributed by atoms with van der Waals surface area (Å²) < 4.78 is 1.04. The van der Waals surface area contributed by atoms with E-state index in [1.165, 1.54) is 0 Å². The number of para-hydroxylation sites is 1. The van der Waals surface area contributed by atoms with Gasteiger partial charge in [0.2, 0.25) is 0 Å². The number of hydrogen-bond donors (Lipinski definition) is 2. The first-order chi connectivity index (χ1) is 10.2. The number of halogens is 1. The zero-order valence-corrected chi connectivity index (χ0v) is 12.6. The molecule has 104 valence electrons. The molecule has 0 atom stereocenters. The smallest absolute Gasteiger partial charge is 0.174 e. The fraction of sp³-hybridized carbons (Fsp3) is 0. The molecule has 0 saturated heterocycles. The van der Waals surface area contributed by atoms with Crippen LogP contribution < -0.4 is 0 Å². The Kier molecular flexibility index (Phi) is 3.83. The Hall–Kier alpha value is -2.40. The van der Waals surface area contributed by atoms with E-state index >= 15 is 0 Å². The van der Waals surface area contributed by atoms with Gasteiger partial charge in [0.05, 0.1) is 5.56 Å². The number of H-pyrrole nitrogens is 1. The van der Waals surface area contributed by atoms with Gasteiger partial charge in [0, 0.05) is 4.47 Å². The topological polar surface area (TPSA) is 61.8 Å². The van der Waals surface area contributed by atoms with Gasteiger partial charge in [-0.25, -0.2) is 4.98 Å². The van der Waals surface area contributed by atoms with Gasteiger partial charge in [-0.05, 0) is 35.9 Å². The molecule has 0 aliphatic heterocycles. The van der Waals surface area contributed by atoms with E-state index in [0.717, 1.165) is 10.0 Å². The molecule has 2 aromatic carbocycles. The molecule has 21 heavy (non-hydrogen) atoms. The Bertz CT molecular complexity index is 778. The number of benzene rings is 2. The molecule has 5 heteroatoms. The Morgan fingerprint density at radius 3 is 2.52 bits per heavy atom. The second-order valence-corrected chi connectivity index (χ2v) is 5.36. The monoisotopic (exact) mass is 341 g/mol. The van der Waals surface area contributed by atoms with Gasteiger partial charge >= 0.3 is 0 Å². The fourth-order valence-corrected chi connectivity index (χ4v) is 2.15. The predicted molar refractivity (Wildman–Crippen MR) is 86.6 cm³/mol. The van der Waals surface area contributed by atoms with Crippen LogP contribution in [0.4, 0.5) is 0 Å². The Morgan fingerprint density at radius 1 is 1.00 bits per heavy atom. The number of phenols is 1. The lowest BCUT2D eigenvalue weighted by Gasteiger charge is -1.98. The van der Waals surface area contributed by atoms with Crippen molar-refractivity contribution in [1.29, 1.82) is 0 Å². The van der Waals surface area contributed by atoms with Crippen LogP contribution >= 0.6 is 15.9 Å². The van der Waals surface area contributed by atoms with Crippen LogP contribution in [0.2, 0.25) is 0 Å². The zero-order valence-electron chi connectivity index (χ0n) is 11.0. The summed E-state index contributed by atoms with van der Waals surface area (Å²) in [5, 5.41) is 16.7. The fourth-order valence-electron chi connectivity index (χ4n) is 1.89. The molecular weight excluding hydrogens is 330 g/mol. The van der Waals surface area contributed by atoms with Gasteiger partial charge in [-0.1, -0.05) is 46.3 Å². The predicted octanol–water partition coefficient (Wildman–Crippen LogP) is 4.11. The standard InChI is InChI=1S/C16H12BrN3O/c17-12-8-5-11(6-9-12)7-10-15-18-16(20-19-15)13-3-1-2-4-14(13)21/h1-10,21H,(H,18,19,20). The lowest BCUT2D eigenvalue weighted by Crippen LogP contribution is -1.81. The van der Waals surface area contributed by atoms with Crippen molar-refractivity contribution in [3.63, 3.8) is 0 Å². The zero-order chi connectivity index (χ0) is 14.7. The van der Waals surface area contributed by atoms with E-state index in [1.807, 2.05) is 42.5 Å². The minimum absolute atomic E-state index is 0.178. The highest BCUT2D eigenvalue weighted by Crippen LogP contribution is 2.25. The van der Waals surface area contributed by atoms with E-state index in [2.05, 4.69) is 31.1 Å². The van der Waals surface area contributed by atoms with Gasteiger partial charge in [0.15, 0.2) is 11.6 Å². The Morgan fingerprint density at radius 2 is 1.76 bits per heavy atom. The summed E-state index contributed by atoms with van der Waals surface area (Å²) in [6.45, 7) is 0. The summed E-state index contributed by atoms with van der Waals surface area (Å²) in [4.78, 5) is 4.35. The number of aromatic nitrogens is 3. The van der Waals surface area contributed by atoms with Gasteiger partial charge in [0.1, 0.15) is 5.75 Å². The minimum atomic E-state index is 0.178. The molecule has 3 aromatic rings. The largest absolute Gasteiger partial charge is 0.507 e. The van der Waals surface area contributed by atoms with Crippen molar-refractivity contribution in [3.8, 4) is 17.1 Å². The van der Waals surface area contributed by atoms with Gasteiger partial charge in [-0.3, -0.25) is 5.10 Å². The summed E-state index contributed by atoms with van der Waals surface area (Å²) in [5.74, 6) is 1.29. The quantitative estimate of drug-likeness (QED) is 0.753. The lowest BCUT2D eigenvalue weighted by molar-refractivity contribution is 0.477. The highest BCUT2D eigenvalue weighted by atomic mass is 79.9. The molecule has 3 rings (SSSR count). The van der Waals surface area contributed by atoms with Gasteiger partial charge in [-0.2, -0.15) is 5.10 Å². The van der Waals surface area contributed by atoms with Crippen LogP contribution in [0.3, 0.4) is 0 Å². The molecule has 4 nitrogen and oxygen atoms in total. The number of phenolic OH excluding ortho intramolecular Hbond substituents is 1. The molecule has 0 aliphatic rings. The second kappa shape index (κ2) is 5.93. The van der Waals surface area contributed by atoms with Gasteiger partial charge in [0.25, 0.3) is 0 Å².